The van der Waals surface area contributed by atoms with Gasteiger partial charge in [-0.15, -0.1) is 0 Å². The van der Waals surface area contributed by atoms with E-state index in [9.17, 15) is 10.2 Å². The third kappa shape index (κ3) is 5.87. The number of ether oxygens (including phenoxy) is 1. The maximum Gasteiger partial charge on any atom is 0.319 e. The molecule has 0 radical (unpaired) electrons. The third-order valence-electron chi connectivity index (χ3n) is 9.04. The van der Waals surface area contributed by atoms with Gasteiger partial charge in [0.25, 0.3) is 0 Å². The molecule has 2 saturated heterocycles. The summed E-state index contributed by atoms with van der Waals surface area (Å²) in [6.07, 6.45) is -0.853. The number of rotatable bonds is 7. The number of hydrogen-bond acceptors (Lipinski definition) is 11. The van der Waals surface area contributed by atoms with Crippen LogP contribution in [0.5, 0.6) is 11.9 Å². The fourth-order valence-electron chi connectivity index (χ4n) is 5.34. The van der Waals surface area contributed by atoms with Gasteiger partial charge < -0.3 is 28.4 Å². The Labute approximate surface area is 250 Å². The maximum absolute atomic E-state index is 16.5. The zero-order chi connectivity index (χ0) is 30.1. The highest BCUT2D eigenvalue weighted by molar-refractivity contribution is 8.68. The molecule has 3 aliphatic rings. The van der Waals surface area contributed by atoms with Crippen LogP contribution in [0, 0.1) is 5.92 Å². The third-order valence-corrected chi connectivity index (χ3v) is 19.3. The molecule has 2 aromatic heterocycles. The van der Waals surface area contributed by atoms with E-state index < -0.39 is 50.5 Å². The summed E-state index contributed by atoms with van der Waals surface area (Å²) in [5.74, 6) is -0.154. The number of fused-ring (bicyclic) bond motifs is 2. The summed E-state index contributed by atoms with van der Waals surface area (Å²) < 4.78 is 43.3. The van der Waals surface area contributed by atoms with Crippen molar-refractivity contribution in [1.29, 1.82) is 0 Å². The van der Waals surface area contributed by atoms with Crippen molar-refractivity contribution in [1.82, 2.24) is 19.5 Å². The molecule has 2 aliphatic heterocycles. The smallest absolute Gasteiger partial charge is 0.319 e. The van der Waals surface area contributed by atoms with Crippen LogP contribution in [0.2, 0.25) is 18.1 Å². The second-order valence-electron chi connectivity index (χ2n) is 13.1. The van der Waals surface area contributed by atoms with Crippen LogP contribution in [0.3, 0.4) is 0 Å². The lowest BCUT2D eigenvalue weighted by atomic mass is 9.77. The molecule has 1 aliphatic carbocycles. The van der Waals surface area contributed by atoms with E-state index in [0.717, 1.165) is 24.8 Å². The van der Waals surface area contributed by atoms with Crippen LogP contribution < -0.4 is 0 Å². The van der Waals surface area contributed by atoms with E-state index in [4.69, 9.17) is 30.0 Å². The molecule has 15 heteroatoms. The first kappa shape index (κ1) is 31.3. The van der Waals surface area contributed by atoms with Crippen LogP contribution in [-0.2, 0) is 30.0 Å². The number of halogens is 1. The maximum atomic E-state index is 16.5. The Balaban J connectivity index is 1.44. The van der Waals surface area contributed by atoms with Crippen molar-refractivity contribution >= 4 is 48.4 Å². The van der Waals surface area contributed by atoms with Gasteiger partial charge in [-0.05, 0) is 69.0 Å². The molecule has 41 heavy (non-hydrogen) atoms. The van der Waals surface area contributed by atoms with Crippen LogP contribution in [0.25, 0.3) is 11.2 Å². The molecule has 2 N–H and O–H groups in total. The minimum absolute atomic E-state index is 0.0167. The second kappa shape index (κ2) is 10.8. The Morgan fingerprint density at radius 2 is 2.07 bits per heavy atom. The summed E-state index contributed by atoms with van der Waals surface area (Å²) in [4.78, 5) is 11.6. The van der Waals surface area contributed by atoms with E-state index in [1.165, 1.54) is 22.3 Å². The Kier molecular flexibility index (Phi) is 8.24. The molecular formula is C26H40FN4O6PS2Si. The summed E-state index contributed by atoms with van der Waals surface area (Å²) in [7, 11) is -2.22. The molecule has 10 nitrogen and oxygen atoms in total. The number of aromatic hydroxyl groups is 2. The van der Waals surface area contributed by atoms with Crippen LogP contribution in [-0.4, -0.2) is 73.9 Å². The highest BCUT2D eigenvalue weighted by Crippen LogP contribution is 2.76. The molecule has 0 amide bonds. The highest BCUT2D eigenvalue weighted by Gasteiger charge is 2.57. The van der Waals surface area contributed by atoms with Crippen molar-refractivity contribution < 1.29 is 32.8 Å². The molecule has 0 unspecified atom stereocenters. The van der Waals surface area contributed by atoms with Crippen molar-refractivity contribution in [2.75, 3.05) is 6.61 Å². The minimum Gasteiger partial charge on any atom is -0.492 e. The first-order valence-corrected chi connectivity index (χ1v) is 20.8. The largest absolute Gasteiger partial charge is 0.492 e. The van der Waals surface area contributed by atoms with Crippen molar-refractivity contribution in [3.8, 4) is 11.9 Å². The van der Waals surface area contributed by atoms with Gasteiger partial charge in [-0.25, -0.2) is 9.37 Å². The fourth-order valence-corrected chi connectivity index (χ4v) is 13.9. The molecule has 0 aromatic carbocycles. The molecule has 1 saturated carbocycles. The molecule has 0 spiro atoms. The summed E-state index contributed by atoms with van der Waals surface area (Å²) >= 11 is 7.54. The number of imidazole rings is 1. The standard InChI is InChI=1S/C26H40FN4O6PS2Si/c1-14(2)15-9-10-26(6)17(11-15)36-38(39,40-26)37-20-16(12-34-41(7,8)25(3,4)5)35-23(18(20)27)31-13-28-19-21(31)29-24(33)30-22(19)32/h13,15-18,20,23H,1,9-12H2,2-8H3,(H2,29,30,32,33)/t15-,16+,17+,18+,20+,23+,26+,38-/m0/s1. The van der Waals surface area contributed by atoms with Crippen LogP contribution in [0.4, 0.5) is 4.39 Å². The van der Waals surface area contributed by atoms with Crippen molar-refractivity contribution in [3.63, 3.8) is 0 Å². The van der Waals surface area contributed by atoms with E-state index in [0.29, 0.717) is 5.92 Å². The highest BCUT2D eigenvalue weighted by atomic mass is 32.9. The normalized spacial score (nSPS) is 36.1. The van der Waals surface area contributed by atoms with E-state index in [-0.39, 0.29) is 33.7 Å². The first-order chi connectivity index (χ1) is 18.9. The van der Waals surface area contributed by atoms with Crippen LogP contribution in [0.15, 0.2) is 18.5 Å². The lowest BCUT2D eigenvalue weighted by Gasteiger charge is -2.37. The number of allylic oxidation sites excluding steroid dienone is 1. The predicted octanol–water partition coefficient (Wildman–Crippen LogP) is 6.37. The lowest BCUT2D eigenvalue weighted by molar-refractivity contribution is -0.0413. The molecule has 2 aromatic rings. The van der Waals surface area contributed by atoms with E-state index in [1.54, 1.807) is 0 Å². The zero-order valence-electron chi connectivity index (χ0n) is 24.5. The Bertz CT molecular complexity index is 1390. The monoisotopic (exact) mass is 646 g/mol. The number of alkyl halides is 1. The minimum atomic E-state index is -2.96. The first-order valence-electron chi connectivity index (χ1n) is 13.8. The summed E-state index contributed by atoms with van der Waals surface area (Å²) in [6, 6.07) is -0.661. The molecule has 3 fully saturated rings. The van der Waals surface area contributed by atoms with E-state index in [2.05, 4.69) is 62.3 Å². The van der Waals surface area contributed by atoms with Gasteiger partial charge in [0.1, 0.15) is 12.2 Å². The average Bonchev–Trinajstić information content (AvgIpc) is 3.47. The summed E-state index contributed by atoms with van der Waals surface area (Å²) in [5, 5.41) is 20.0. The second-order valence-corrected chi connectivity index (χ2v) is 24.5. The molecule has 228 valence electrons. The van der Waals surface area contributed by atoms with Crippen LogP contribution >= 0.6 is 17.1 Å². The van der Waals surface area contributed by atoms with Gasteiger partial charge in [-0.3, -0.25) is 4.57 Å². The Hall–Kier alpha value is -1.12. The molecule has 5 rings (SSSR count). The molecule has 0 bridgehead atoms. The molecular weight excluding hydrogens is 607 g/mol. The Morgan fingerprint density at radius 3 is 2.73 bits per heavy atom. The lowest BCUT2D eigenvalue weighted by Crippen LogP contribution is -2.44. The topological polar surface area (TPSA) is 121 Å². The van der Waals surface area contributed by atoms with Gasteiger partial charge in [0, 0.05) is 4.75 Å². The predicted molar refractivity (Wildman–Crippen MR) is 163 cm³/mol. The summed E-state index contributed by atoms with van der Waals surface area (Å²) in [6.45, 7) is 19.1. The van der Waals surface area contributed by atoms with Crippen molar-refractivity contribution in [2.24, 2.45) is 5.92 Å². The van der Waals surface area contributed by atoms with E-state index >= 15 is 4.39 Å². The van der Waals surface area contributed by atoms with Gasteiger partial charge in [-0.2, -0.15) is 9.97 Å². The zero-order valence-corrected chi connectivity index (χ0v) is 28.1. The number of aromatic nitrogens is 4. The van der Waals surface area contributed by atoms with Gasteiger partial charge in [0.05, 0.1) is 19.0 Å². The molecule has 8 atom stereocenters. The summed E-state index contributed by atoms with van der Waals surface area (Å²) in [5.41, 5.74) is -1.78. The fraction of sp³-hybridized carbons (Fsp3) is 0.731. The van der Waals surface area contributed by atoms with Gasteiger partial charge >= 0.3 is 6.01 Å². The number of nitrogens with zero attached hydrogens (tertiary/aromatic N) is 4. The molecule has 4 heterocycles. The quantitative estimate of drug-likeness (QED) is 0.198. The average molecular weight is 647 g/mol. The van der Waals surface area contributed by atoms with Crippen molar-refractivity contribution in [3.05, 3.63) is 18.5 Å². The number of hydrogen-bond donors (Lipinski definition) is 2. The Morgan fingerprint density at radius 1 is 1.37 bits per heavy atom. The van der Waals surface area contributed by atoms with Gasteiger partial charge in [0.2, 0.25) is 11.6 Å². The van der Waals surface area contributed by atoms with Gasteiger partial charge in [0.15, 0.2) is 31.9 Å². The van der Waals surface area contributed by atoms with Gasteiger partial charge in [-0.1, -0.05) is 44.3 Å². The van der Waals surface area contributed by atoms with Crippen LogP contribution in [0.1, 0.15) is 60.1 Å². The van der Waals surface area contributed by atoms with Crippen molar-refractivity contribution in [2.45, 2.75) is 107 Å². The SMILES string of the molecule is C=C(C)[C@H]1CC[C@@]2(C)S[P@](=S)(O[C@H]3[C@@H](F)[C@H](n4cnc5c(O)nc(O)nc54)O[C@@H]3CO[Si](C)(C)C(C)(C)C)O[C@@H]2C1. The van der Waals surface area contributed by atoms with E-state index in [1.807, 2.05) is 6.92 Å².